The van der Waals surface area contributed by atoms with E-state index in [1.165, 1.54) is 57.8 Å². The van der Waals surface area contributed by atoms with Crippen molar-refractivity contribution in [2.24, 2.45) is 52.3 Å². The number of Topliss-reactive ketones (excluding diaryl/α,β-unsaturated/α-hetero) is 1. The zero-order valence-corrected chi connectivity index (χ0v) is 22.4. The fourth-order valence-corrected chi connectivity index (χ4v) is 11.3. The maximum atomic E-state index is 13.4. The first-order valence-corrected chi connectivity index (χ1v) is 15.1. The minimum absolute atomic E-state index is 0.218. The summed E-state index contributed by atoms with van der Waals surface area (Å²) in [6, 6.07) is 0. The van der Waals surface area contributed by atoms with E-state index in [1.807, 2.05) is 11.8 Å². The van der Waals surface area contributed by atoms with Gasteiger partial charge in [-0.1, -0.05) is 53.9 Å². The monoisotopic (exact) mass is 459 g/mol. The maximum Gasteiger partial charge on any atom is 0.163 e. The maximum absolute atomic E-state index is 13.4. The molecule has 182 valence electrons. The summed E-state index contributed by atoms with van der Waals surface area (Å²) in [5.74, 6) is 7.65. The predicted octanol–water partition coefficient (Wildman–Crippen LogP) is 7.32. The van der Waals surface area contributed by atoms with E-state index in [-0.39, 0.29) is 10.3 Å². The molecular weight excluding hydrogens is 410 g/mol. The third kappa shape index (κ3) is 3.66. The summed E-state index contributed by atoms with van der Waals surface area (Å²) < 4.78 is 0. The smallest absolute Gasteiger partial charge is 0.163 e. The van der Waals surface area contributed by atoms with E-state index in [9.17, 15) is 4.79 Å². The summed E-state index contributed by atoms with van der Waals surface area (Å²) >= 11 is 1.92. The zero-order valence-electron chi connectivity index (χ0n) is 21.6. The number of rotatable bonds is 5. The average Bonchev–Trinajstić information content (AvgIpc) is 3.34. The summed E-state index contributed by atoms with van der Waals surface area (Å²) in [7, 11) is 0. The van der Waals surface area contributed by atoms with Crippen LogP contribution in [0.25, 0.3) is 0 Å². The van der Waals surface area contributed by atoms with Crippen molar-refractivity contribution in [2.45, 2.75) is 110 Å². The first-order chi connectivity index (χ1) is 15.2. The van der Waals surface area contributed by atoms with Gasteiger partial charge >= 0.3 is 0 Å². The highest BCUT2D eigenvalue weighted by Crippen LogP contribution is 2.69. The lowest BCUT2D eigenvalue weighted by molar-refractivity contribution is -0.147. The lowest BCUT2D eigenvalue weighted by Crippen LogP contribution is -2.60. The quantitative estimate of drug-likeness (QED) is 0.467. The van der Waals surface area contributed by atoms with Crippen LogP contribution in [0.2, 0.25) is 0 Å². The second-order valence-electron chi connectivity index (χ2n) is 13.6. The molecule has 1 aliphatic heterocycles. The molecule has 0 bridgehead atoms. The van der Waals surface area contributed by atoms with Gasteiger partial charge in [0.25, 0.3) is 0 Å². The van der Waals surface area contributed by atoms with Crippen LogP contribution in [0.1, 0.15) is 105 Å². The molecule has 1 heterocycles. The van der Waals surface area contributed by atoms with Crippen LogP contribution in [0.5, 0.6) is 0 Å². The molecule has 5 rings (SSSR count). The van der Waals surface area contributed by atoms with Crippen LogP contribution in [0, 0.1) is 52.3 Å². The van der Waals surface area contributed by atoms with E-state index in [4.69, 9.17) is 0 Å². The van der Waals surface area contributed by atoms with Crippen molar-refractivity contribution in [1.29, 1.82) is 0 Å². The Morgan fingerprint density at radius 1 is 1.00 bits per heavy atom. The highest BCUT2D eigenvalue weighted by atomic mass is 32.2. The third-order valence-corrected chi connectivity index (χ3v) is 13.1. The molecule has 1 N–H and O–H groups in total. The highest BCUT2D eigenvalue weighted by molar-refractivity contribution is 8.01. The van der Waals surface area contributed by atoms with Crippen LogP contribution < -0.4 is 5.32 Å². The summed E-state index contributed by atoms with van der Waals surface area (Å²) in [6.07, 6.45) is 14.7. The van der Waals surface area contributed by atoms with E-state index < -0.39 is 0 Å². The van der Waals surface area contributed by atoms with E-state index in [0.717, 1.165) is 66.6 Å². The van der Waals surface area contributed by atoms with Crippen molar-refractivity contribution in [3.63, 3.8) is 0 Å². The number of fused-ring (bicyclic) bond motifs is 5. The number of ketones is 1. The van der Waals surface area contributed by atoms with E-state index in [2.05, 4.69) is 39.9 Å². The molecule has 0 aromatic rings. The molecule has 9 atom stereocenters. The Bertz CT molecular complexity index is 714. The first-order valence-electron chi connectivity index (χ1n) is 14.1. The van der Waals surface area contributed by atoms with Crippen molar-refractivity contribution in [2.75, 3.05) is 12.3 Å². The second-order valence-corrected chi connectivity index (χ2v) is 15.0. The second kappa shape index (κ2) is 8.58. The van der Waals surface area contributed by atoms with Gasteiger partial charge in [0.05, 0.1) is 0 Å². The van der Waals surface area contributed by atoms with Gasteiger partial charge in [0.1, 0.15) is 4.87 Å². The van der Waals surface area contributed by atoms with Crippen LogP contribution in [0.3, 0.4) is 0 Å². The van der Waals surface area contributed by atoms with Gasteiger partial charge in [-0.3, -0.25) is 10.1 Å². The Morgan fingerprint density at radius 2 is 1.78 bits per heavy atom. The van der Waals surface area contributed by atoms with Crippen LogP contribution >= 0.6 is 11.8 Å². The number of carbonyl (C=O) groups is 1. The molecule has 32 heavy (non-hydrogen) atoms. The molecule has 0 amide bonds. The number of nitrogens with one attached hydrogen (secondary N) is 1. The van der Waals surface area contributed by atoms with Crippen molar-refractivity contribution in [3.05, 3.63) is 0 Å². The Kier molecular flexibility index (Phi) is 6.35. The van der Waals surface area contributed by atoms with Gasteiger partial charge in [-0.2, -0.15) is 0 Å². The molecule has 4 saturated carbocycles. The summed E-state index contributed by atoms with van der Waals surface area (Å²) in [5, 5.41) is 3.64. The molecule has 1 spiro atoms. The molecular formula is C29H49NOS. The normalized spacial score (nSPS) is 49.2. The van der Waals surface area contributed by atoms with Gasteiger partial charge in [0.2, 0.25) is 0 Å². The van der Waals surface area contributed by atoms with Crippen LogP contribution in [0.15, 0.2) is 0 Å². The van der Waals surface area contributed by atoms with Crippen molar-refractivity contribution < 1.29 is 4.79 Å². The summed E-state index contributed by atoms with van der Waals surface area (Å²) in [5.41, 5.74) is 0.822. The van der Waals surface area contributed by atoms with Crippen LogP contribution in [-0.2, 0) is 4.79 Å². The van der Waals surface area contributed by atoms with Gasteiger partial charge in [-0.15, -0.1) is 11.8 Å². The van der Waals surface area contributed by atoms with Crippen LogP contribution in [0.4, 0.5) is 0 Å². The third-order valence-electron chi connectivity index (χ3n) is 11.7. The molecule has 5 aliphatic rings. The molecule has 2 nitrogen and oxygen atoms in total. The van der Waals surface area contributed by atoms with Gasteiger partial charge in [-0.25, -0.2) is 0 Å². The lowest BCUT2D eigenvalue weighted by Gasteiger charge is -2.62. The molecule has 0 unspecified atom stereocenters. The summed E-state index contributed by atoms with van der Waals surface area (Å²) in [6.45, 7) is 13.6. The predicted molar refractivity (Wildman–Crippen MR) is 137 cm³/mol. The first kappa shape index (κ1) is 23.7. The largest absolute Gasteiger partial charge is 0.297 e. The molecule has 5 fully saturated rings. The van der Waals surface area contributed by atoms with Gasteiger partial charge < -0.3 is 0 Å². The fraction of sp³-hybridized carbons (Fsp3) is 0.966. The van der Waals surface area contributed by atoms with Gasteiger partial charge in [-0.05, 0) is 97.2 Å². The Morgan fingerprint density at radius 3 is 2.50 bits per heavy atom. The Hall–Kier alpha value is -0.0200. The minimum atomic E-state index is -0.218. The van der Waals surface area contributed by atoms with Crippen molar-refractivity contribution in [3.8, 4) is 0 Å². The molecule has 3 heteroatoms. The van der Waals surface area contributed by atoms with E-state index in [1.54, 1.807) is 0 Å². The molecule has 0 aromatic heterocycles. The highest BCUT2D eigenvalue weighted by Gasteiger charge is 2.63. The standard InChI is InChI=1S/C29H49NOS/c1-19(2)7-6-8-20(3)23-11-12-24-22-10-9-21-17-29(30-15-16-32-29)26(31)18-28(21,5)25(22)13-14-27(23,24)4/h19-25,30H,6-18H2,1-5H3/t20-,21+,22+,23-,24+,25+,27-,28+,29+/m1/s1. The van der Waals surface area contributed by atoms with Crippen molar-refractivity contribution >= 4 is 17.5 Å². The van der Waals surface area contributed by atoms with Gasteiger partial charge in [0.15, 0.2) is 5.78 Å². The number of carbonyl (C=O) groups excluding carboxylic acids is 1. The van der Waals surface area contributed by atoms with Crippen LogP contribution in [-0.4, -0.2) is 23.0 Å². The SMILES string of the molecule is CC(C)CCC[C@@H](C)[C@H]1CC[C@H]2[C@@H]3CC[C@H]4C[C@@]5(NCCS5)C(=O)C[C@]4(C)[C@H]3CC[C@]12C. The summed E-state index contributed by atoms with van der Waals surface area (Å²) in [4.78, 5) is 13.2. The fourth-order valence-electron chi connectivity index (χ4n) is 9.96. The zero-order chi connectivity index (χ0) is 22.7. The van der Waals surface area contributed by atoms with Gasteiger partial charge in [0, 0.05) is 18.7 Å². The molecule has 4 aliphatic carbocycles. The average molecular weight is 460 g/mol. The molecule has 0 radical (unpaired) electrons. The number of hydrogen-bond acceptors (Lipinski definition) is 3. The van der Waals surface area contributed by atoms with Crippen molar-refractivity contribution in [1.82, 2.24) is 5.32 Å². The Balaban J connectivity index is 1.31. The Labute approximate surface area is 202 Å². The minimum Gasteiger partial charge on any atom is -0.297 e. The lowest BCUT2D eigenvalue weighted by atomic mass is 9.44. The van der Waals surface area contributed by atoms with E-state index in [0.29, 0.717) is 11.2 Å². The number of thioether (sulfide) groups is 1. The van der Waals surface area contributed by atoms with E-state index >= 15 is 0 Å². The number of hydrogen-bond donors (Lipinski definition) is 1. The molecule has 0 aromatic carbocycles. The topological polar surface area (TPSA) is 29.1 Å². The molecule has 1 saturated heterocycles.